The third-order valence-corrected chi connectivity index (χ3v) is 2.49. The fourth-order valence-electron chi connectivity index (χ4n) is 1.73. The van der Waals surface area contributed by atoms with E-state index < -0.39 is 0 Å². The molecule has 0 radical (unpaired) electrons. The minimum absolute atomic E-state index is 0.792. The molecular weight excluding hydrogens is 172 g/mol. The number of rotatable bonds is 4. The van der Waals surface area contributed by atoms with Crippen molar-refractivity contribution in [1.82, 2.24) is 4.98 Å². The molecule has 2 rings (SSSR count). The summed E-state index contributed by atoms with van der Waals surface area (Å²) < 4.78 is 0. The first-order chi connectivity index (χ1) is 6.90. The zero-order chi connectivity index (χ0) is 9.80. The number of hydrogen-bond donors (Lipinski definition) is 2. The first kappa shape index (κ1) is 9.28. The van der Waals surface area contributed by atoms with E-state index in [9.17, 15) is 0 Å². The first-order valence-corrected chi connectivity index (χ1v) is 5.17. The largest absolute Gasteiger partial charge is 0.358 e. The third kappa shape index (κ3) is 1.96. The number of aromatic nitrogens is 1. The lowest BCUT2D eigenvalue weighted by Crippen LogP contribution is -1.98. The molecule has 0 fully saturated rings. The molecule has 0 atom stereocenters. The van der Waals surface area contributed by atoms with Crippen LogP contribution in [0.3, 0.4) is 0 Å². The molecule has 0 aliphatic heterocycles. The number of nitrogens with one attached hydrogen (secondary N) is 1. The normalized spacial score (nSPS) is 10.9. The predicted molar refractivity (Wildman–Crippen MR) is 60.3 cm³/mol. The molecule has 0 bridgehead atoms. The van der Waals surface area contributed by atoms with Crippen molar-refractivity contribution in [2.45, 2.75) is 19.3 Å². The molecule has 0 spiro atoms. The molecule has 0 amide bonds. The van der Waals surface area contributed by atoms with Crippen LogP contribution in [0.1, 0.15) is 18.5 Å². The second kappa shape index (κ2) is 4.29. The van der Waals surface area contributed by atoms with Crippen LogP contribution in [0, 0.1) is 0 Å². The molecule has 2 aromatic rings. The molecule has 1 aromatic heterocycles. The lowest BCUT2D eigenvalue weighted by Gasteiger charge is -1.95. The van der Waals surface area contributed by atoms with Crippen LogP contribution in [-0.4, -0.2) is 11.5 Å². The Morgan fingerprint density at radius 1 is 1.14 bits per heavy atom. The Balaban J connectivity index is 2.11. The van der Waals surface area contributed by atoms with Crippen molar-refractivity contribution in [2.75, 3.05) is 6.54 Å². The lowest BCUT2D eigenvalue weighted by atomic mass is 10.2. The van der Waals surface area contributed by atoms with Gasteiger partial charge in [-0.2, -0.15) is 0 Å². The monoisotopic (exact) mass is 188 g/mol. The number of aryl methyl sites for hydroxylation is 1. The fraction of sp³-hybridized carbons (Fsp3) is 0.333. The maximum atomic E-state index is 5.46. The van der Waals surface area contributed by atoms with Crippen molar-refractivity contribution in [1.29, 1.82) is 0 Å². The minimum atomic E-state index is 0.792. The Labute approximate surface area is 84.1 Å². The molecule has 14 heavy (non-hydrogen) atoms. The quantitative estimate of drug-likeness (QED) is 0.711. The van der Waals surface area contributed by atoms with Crippen molar-refractivity contribution < 1.29 is 0 Å². The summed E-state index contributed by atoms with van der Waals surface area (Å²) in [6.07, 6.45) is 3.38. The Hall–Kier alpha value is -1.28. The van der Waals surface area contributed by atoms with Crippen molar-refractivity contribution >= 4 is 10.9 Å². The number of hydrogen-bond acceptors (Lipinski definition) is 1. The van der Waals surface area contributed by atoms with Gasteiger partial charge in [0.25, 0.3) is 0 Å². The zero-order valence-electron chi connectivity index (χ0n) is 8.29. The van der Waals surface area contributed by atoms with Gasteiger partial charge < -0.3 is 10.7 Å². The molecule has 2 nitrogen and oxygen atoms in total. The van der Waals surface area contributed by atoms with Gasteiger partial charge in [-0.05, 0) is 43.3 Å². The van der Waals surface area contributed by atoms with Gasteiger partial charge >= 0.3 is 0 Å². The fourth-order valence-corrected chi connectivity index (χ4v) is 1.73. The van der Waals surface area contributed by atoms with Crippen molar-refractivity contribution in [3.05, 3.63) is 36.0 Å². The number of benzene rings is 1. The highest BCUT2D eigenvalue weighted by atomic mass is 14.7. The van der Waals surface area contributed by atoms with Gasteiger partial charge in [0, 0.05) is 11.2 Å². The van der Waals surface area contributed by atoms with Gasteiger partial charge in [-0.1, -0.05) is 18.2 Å². The highest BCUT2D eigenvalue weighted by molar-refractivity contribution is 5.80. The van der Waals surface area contributed by atoms with Crippen LogP contribution in [0.25, 0.3) is 10.9 Å². The van der Waals surface area contributed by atoms with Crippen LogP contribution in [0.5, 0.6) is 0 Å². The van der Waals surface area contributed by atoms with E-state index in [0.29, 0.717) is 0 Å². The smallest absolute Gasteiger partial charge is 0.0456 e. The third-order valence-electron chi connectivity index (χ3n) is 2.49. The van der Waals surface area contributed by atoms with Gasteiger partial charge in [0.2, 0.25) is 0 Å². The number of H-pyrrole nitrogens is 1. The second-order valence-corrected chi connectivity index (χ2v) is 3.63. The van der Waals surface area contributed by atoms with Crippen molar-refractivity contribution in [2.24, 2.45) is 5.73 Å². The Morgan fingerprint density at radius 3 is 2.79 bits per heavy atom. The first-order valence-electron chi connectivity index (χ1n) is 5.17. The molecule has 0 saturated carbocycles. The summed E-state index contributed by atoms with van der Waals surface area (Å²) in [4.78, 5) is 3.41. The van der Waals surface area contributed by atoms with E-state index in [4.69, 9.17) is 5.73 Å². The van der Waals surface area contributed by atoms with E-state index in [1.165, 1.54) is 23.0 Å². The van der Waals surface area contributed by atoms with Gasteiger partial charge in [0.15, 0.2) is 0 Å². The molecule has 0 unspecified atom stereocenters. The van der Waals surface area contributed by atoms with E-state index in [2.05, 4.69) is 35.3 Å². The molecule has 2 heteroatoms. The molecular formula is C12H16N2. The SMILES string of the molecule is NCCCCc1cc2ccccc2[nH]1. The summed E-state index contributed by atoms with van der Waals surface area (Å²) in [7, 11) is 0. The summed E-state index contributed by atoms with van der Waals surface area (Å²) in [5, 5.41) is 1.30. The maximum Gasteiger partial charge on any atom is 0.0456 e. The van der Waals surface area contributed by atoms with E-state index in [-0.39, 0.29) is 0 Å². The summed E-state index contributed by atoms with van der Waals surface area (Å²) in [5.41, 5.74) is 8.01. The van der Waals surface area contributed by atoms with Crippen LogP contribution < -0.4 is 5.73 Å². The average Bonchev–Trinajstić information content (AvgIpc) is 2.60. The number of nitrogens with two attached hydrogens (primary N) is 1. The second-order valence-electron chi connectivity index (χ2n) is 3.63. The molecule has 0 saturated heterocycles. The van der Waals surface area contributed by atoms with Gasteiger partial charge in [-0.15, -0.1) is 0 Å². The van der Waals surface area contributed by atoms with Crippen molar-refractivity contribution in [3.63, 3.8) is 0 Å². The molecule has 1 heterocycles. The summed E-state index contributed by atoms with van der Waals surface area (Å²) in [6.45, 7) is 0.792. The maximum absolute atomic E-state index is 5.46. The Kier molecular flexibility index (Phi) is 2.84. The van der Waals surface area contributed by atoms with E-state index in [1.807, 2.05) is 0 Å². The van der Waals surface area contributed by atoms with Gasteiger partial charge in [-0.3, -0.25) is 0 Å². The van der Waals surface area contributed by atoms with Crippen LogP contribution in [0.15, 0.2) is 30.3 Å². The van der Waals surface area contributed by atoms with Crippen LogP contribution in [0.2, 0.25) is 0 Å². The lowest BCUT2D eigenvalue weighted by molar-refractivity contribution is 0.736. The van der Waals surface area contributed by atoms with Gasteiger partial charge in [0.1, 0.15) is 0 Å². The summed E-state index contributed by atoms with van der Waals surface area (Å²) >= 11 is 0. The number of fused-ring (bicyclic) bond motifs is 1. The Morgan fingerprint density at radius 2 is 2.00 bits per heavy atom. The van der Waals surface area contributed by atoms with E-state index >= 15 is 0 Å². The molecule has 3 N–H and O–H groups in total. The van der Waals surface area contributed by atoms with Gasteiger partial charge in [-0.25, -0.2) is 0 Å². The predicted octanol–water partition coefficient (Wildman–Crippen LogP) is 2.45. The van der Waals surface area contributed by atoms with Gasteiger partial charge in [0.05, 0.1) is 0 Å². The van der Waals surface area contributed by atoms with E-state index in [1.54, 1.807) is 0 Å². The van der Waals surface area contributed by atoms with Crippen LogP contribution in [0.4, 0.5) is 0 Å². The minimum Gasteiger partial charge on any atom is -0.358 e. The standard InChI is InChI=1S/C12H16N2/c13-8-4-3-6-11-9-10-5-1-2-7-12(10)14-11/h1-2,5,7,9,14H,3-4,6,8,13H2. The van der Waals surface area contributed by atoms with Crippen molar-refractivity contribution in [3.8, 4) is 0 Å². The highest BCUT2D eigenvalue weighted by Gasteiger charge is 1.98. The van der Waals surface area contributed by atoms with Crippen LogP contribution >= 0.6 is 0 Å². The Bertz CT molecular complexity index is 370. The molecule has 1 aromatic carbocycles. The topological polar surface area (TPSA) is 41.8 Å². The number of unbranched alkanes of at least 4 members (excludes halogenated alkanes) is 1. The number of aromatic amines is 1. The number of para-hydroxylation sites is 1. The van der Waals surface area contributed by atoms with E-state index in [0.717, 1.165) is 19.4 Å². The zero-order valence-corrected chi connectivity index (χ0v) is 8.29. The summed E-state index contributed by atoms with van der Waals surface area (Å²) in [6, 6.07) is 10.6. The average molecular weight is 188 g/mol. The summed E-state index contributed by atoms with van der Waals surface area (Å²) in [5.74, 6) is 0. The molecule has 74 valence electrons. The molecule has 0 aliphatic rings. The molecule has 0 aliphatic carbocycles. The highest BCUT2D eigenvalue weighted by Crippen LogP contribution is 2.15. The van der Waals surface area contributed by atoms with Crippen LogP contribution in [-0.2, 0) is 6.42 Å².